The van der Waals surface area contributed by atoms with E-state index in [4.69, 9.17) is 18.9 Å². The summed E-state index contributed by atoms with van der Waals surface area (Å²) in [5.41, 5.74) is 3.18. The van der Waals surface area contributed by atoms with Crippen LogP contribution in [0.5, 0.6) is 11.8 Å². The molecule has 6 rings (SSSR count). The zero-order chi connectivity index (χ0) is 43.2. The van der Waals surface area contributed by atoms with Gasteiger partial charge in [0, 0.05) is 37.3 Å². The number of hydrogen-bond donors (Lipinski definition) is 0. The van der Waals surface area contributed by atoms with E-state index in [1.165, 1.54) is 25.4 Å². The number of fused-ring (bicyclic) bond motifs is 4. The van der Waals surface area contributed by atoms with E-state index >= 15 is 8.78 Å². The van der Waals surface area contributed by atoms with Gasteiger partial charge in [-0.1, -0.05) is 53.5 Å². The molecule has 2 aromatic carbocycles. The number of anilines is 1. The summed E-state index contributed by atoms with van der Waals surface area (Å²) in [6.45, 7) is 16.8. The molecule has 2 aromatic heterocycles. The number of pyridine rings is 1. The number of methoxy groups -OCH3 is 1. The molecule has 4 aromatic rings. The molecule has 2 aliphatic heterocycles. The van der Waals surface area contributed by atoms with Gasteiger partial charge >= 0.3 is 18.3 Å². The van der Waals surface area contributed by atoms with Crippen molar-refractivity contribution >= 4 is 41.7 Å². The van der Waals surface area contributed by atoms with Gasteiger partial charge in [0.05, 0.1) is 23.0 Å². The zero-order valence-electron chi connectivity index (χ0n) is 35.2. The van der Waals surface area contributed by atoms with Crippen LogP contribution in [0.25, 0.3) is 32.9 Å². The number of halogens is 5. The van der Waals surface area contributed by atoms with Crippen LogP contribution in [-0.2, 0) is 9.47 Å². The minimum Gasteiger partial charge on any atom is -0.468 e. The Labute approximate surface area is 342 Å². The average Bonchev–Trinajstić information content (AvgIpc) is 3.41. The Morgan fingerprint density at radius 2 is 1.59 bits per heavy atom. The van der Waals surface area contributed by atoms with Crippen LogP contribution in [0.1, 0.15) is 80.7 Å². The smallest absolute Gasteiger partial charge is 0.422 e. The van der Waals surface area contributed by atoms with E-state index in [0.29, 0.717) is 18.2 Å². The second kappa shape index (κ2) is 16.7. The van der Waals surface area contributed by atoms with Crippen molar-refractivity contribution in [3.05, 3.63) is 47.7 Å². The number of carbonyl (C=O) groups excluding carboxylic acids is 1. The SMILES string of the molecule is COCOc1cc(-c2ncc3c(N4CC5CCC(C4)N5C(=O)OC(C)(C)C)nc(OCC(F)(F)F)nc3c2F)c2c(C#C[Si](C(C)C)(C(C)C)C(C)C)c(F)ccc2c1. The van der Waals surface area contributed by atoms with E-state index in [0.717, 1.165) is 0 Å². The maximum absolute atomic E-state index is 17.4. The van der Waals surface area contributed by atoms with Gasteiger partial charge in [0.2, 0.25) is 0 Å². The summed E-state index contributed by atoms with van der Waals surface area (Å²) in [5.74, 6) is 1.99. The van der Waals surface area contributed by atoms with Gasteiger partial charge in [-0.15, -0.1) is 5.54 Å². The summed E-state index contributed by atoms with van der Waals surface area (Å²) in [4.78, 5) is 29.8. The third kappa shape index (κ3) is 8.91. The second-order valence-corrected chi connectivity index (χ2v) is 22.9. The predicted octanol–water partition coefficient (Wildman–Crippen LogP) is 10.2. The minimum absolute atomic E-state index is 0.0619. The van der Waals surface area contributed by atoms with E-state index in [-0.39, 0.29) is 93.3 Å². The highest BCUT2D eigenvalue weighted by Crippen LogP contribution is 2.43. The van der Waals surface area contributed by atoms with Crippen LogP contribution in [0.15, 0.2) is 30.5 Å². The molecule has 1 amide bonds. The lowest BCUT2D eigenvalue weighted by Crippen LogP contribution is -2.57. The molecule has 2 fully saturated rings. The fraction of sp³-hybridized carbons (Fsp3) is 0.535. The molecule has 10 nitrogen and oxygen atoms in total. The molecule has 2 unspecified atom stereocenters. The van der Waals surface area contributed by atoms with Gasteiger partial charge in [-0.3, -0.25) is 9.88 Å². The number of ether oxygens (including phenoxy) is 4. The number of rotatable bonds is 10. The molecule has 59 heavy (non-hydrogen) atoms. The van der Waals surface area contributed by atoms with E-state index in [1.54, 1.807) is 42.7 Å². The van der Waals surface area contributed by atoms with Crippen molar-refractivity contribution in [2.75, 3.05) is 38.5 Å². The summed E-state index contributed by atoms with van der Waals surface area (Å²) in [6.07, 6.45) is -2.53. The van der Waals surface area contributed by atoms with E-state index in [9.17, 15) is 18.0 Å². The van der Waals surface area contributed by atoms with Gasteiger partial charge in [-0.25, -0.2) is 13.6 Å². The first-order valence-electron chi connectivity index (χ1n) is 19.9. The van der Waals surface area contributed by atoms with Gasteiger partial charge in [0.25, 0.3) is 0 Å². The Hall–Kier alpha value is -4.75. The number of carbonyl (C=O) groups is 1. The van der Waals surface area contributed by atoms with Crippen molar-refractivity contribution in [2.45, 2.75) is 116 Å². The minimum atomic E-state index is -4.73. The molecule has 16 heteroatoms. The molecule has 0 radical (unpaired) electrons. The number of hydrogen-bond acceptors (Lipinski definition) is 9. The molecular formula is C43H52F5N5O5Si. The molecule has 2 aliphatic rings. The molecule has 0 saturated carbocycles. The van der Waals surface area contributed by atoms with E-state index in [1.807, 2.05) is 0 Å². The number of aromatic nitrogens is 3. The number of nitrogens with zero attached hydrogens (tertiary/aromatic N) is 5. The third-order valence-corrected chi connectivity index (χ3v) is 17.6. The summed E-state index contributed by atoms with van der Waals surface area (Å²) >= 11 is 0. The maximum Gasteiger partial charge on any atom is 0.422 e. The first-order valence-corrected chi connectivity index (χ1v) is 22.1. The lowest BCUT2D eigenvalue weighted by Gasteiger charge is -2.42. The first kappa shape index (κ1) is 43.8. The summed E-state index contributed by atoms with van der Waals surface area (Å²) in [6, 6.07) is 4.74. The Balaban J connectivity index is 1.55. The van der Waals surface area contributed by atoms with Gasteiger partial charge < -0.3 is 23.8 Å². The Morgan fingerprint density at radius 3 is 2.17 bits per heavy atom. The van der Waals surface area contributed by atoms with Gasteiger partial charge in [0.15, 0.2) is 19.2 Å². The van der Waals surface area contributed by atoms with Crippen molar-refractivity contribution < 1.29 is 45.7 Å². The molecule has 0 spiro atoms. The Bertz CT molecular complexity index is 2250. The quantitative estimate of drug-likeness (QED) is 0.0669. The molecule has 4 heterocycles. The molecule has 2 bridgehead atoms. The summed E-state index contributed by atoms with van der Waals surface area (Å²) in [7, 11) is -0.927. The van der Waals surface area contributed by atoms with E-state index in [2.05, 4.69) is 68.0 Å². The molecule has 0 N–H and O–H groups in total. The molecule has 318 valence electrons. The van der Waals surface area contributed by atoms with Crippen LogP contribution in [0.2, 0.25) is 16.6 Å². The van der Waals surface area contributed by atoms with Crippen molar-refractivity contribution in [2.24, 2.45) is 0 Å². The van der Waals surface area contributed by atoms with Gasteiger partial charge in [0.1, 0.15) is 42.3 Å². The van der Waals surface area contributed by atoms with Crippen LogP contribution in [0.4, 0.5) is 32.6 Å². The number of piperazine rings is 1. The second-order valence-electron chi connectivity index (χ2n) is 17.3. The molecule has 2 atom stereocenters. The number of benzene rings is 2. The van der Waals surface area contributed by atoms with Crippen molar-refractivity contribution in [3.8, 4) is 34.5 Å². The summed E-state index contributed by atoms with van der Waals surface area (Å²) in [5, 5.41) is 0.881. The van der Waals surface area contributed by atoms with Crippen LogP contribution < -0.4 is 14.4 Å². The Kier molecular flexibility index (Phi) is 12.4. The van der Waals surface area contributed by atoms with Gasteiger partial charge in [-0.2, -0.15) is 23.1 Å². The number of amides is 1. The molecule has 0 aliphatic carbocycles. The lowest BCUT2D eigenvalue weighted by atomic mass is 9.95. The van der Waals surface area contributed by atoms with Crippen molar-refractivity contribution in [1.82, 2.24) is 19.9 Å². The number of alkyl halides is 3. The maximum atomic E-state index is 17.4. The molecule has 2 saturated heterocycles. The summed E-state index contributed by atoms with van der Waals surface area (Å²) < 4.78 is 95.5. The fourth-order valence-electron chi connectivity index (χ4n) is 8.89. The standard InChI is InChI=1S/C43H52F5N5O5Si/c1-24(2)59(25(3)4,26(5)6)16-15-31-34(44)14-11-27-17-30(57-23-55-10)18-32(35(27)31)37-36(45)38-33(19-49-37)39(51-40(50-38)56-22-43(46,47)48)52-20-28-12-13-29(21-52)53(28)41(54)58-42(7,8)9/h11,14,17-19,24-26,28-29H,12-13,20-23H2,1-10H3. The highest BCUT2D eigenvalue weighted by molar-refractivity contribution is 6.90. The highest BCUT2D eigenvalue weighted by Gasteiger charge is 2.45. The largest absolute Gasteiger partial charge is 0.468 e. The van der Waals surface area contributed by atoms with E-state index < -0.39 is 50.2 Å². The van der Waals surface area contributed by atoms with Crippen molar-refractivity contribution in [3.63, 3.8) is 0 Å². The van der Waals surface area contributed by atoms with Crippen LogP contribution >= 0.6 is 0 Å². The normalized spacial score (nSPS) is 17.3. The monoisotopic (exact) mass is 841 g/mol. The zero-order valence-corrected chi connectivity index (χ0v) is 36.2. The van der Waals surface area contributed by atoms with Crippen LogP contribution in [-0.4, -0.2) is 91.5 Å². The highest BCUT2D eigenvalue weighted by atomic mass is 28.3. The topological polar surface area (TPSA) is 99.1 Å². The molecular weight excluding hydrogens is 790 g/mol. The third-order valence-electron chi connectivity index (χ3n) is 11.3. The first-order chi connectivity index (χ1) is 27.6. The van der Waals surface area contributed by atoms with Crippen LogP contribution in [0.3, 0.4) is 0 Å². The predicted molar refractivity (Wildman–Crippen MR) is 219 cm³/mol. The van der Waals surface area contributed by atoms with Crippen LogP contribution in [0, 0.1) is 23.1 Å². The van der Waals surface area contributed by atoms with Crippen molar-refractivity contribution in [1.29, 1.82) is 0 Å². The van der Waals surface area contributed by atoms with Gasteiger partial charge in [-0.05, 0) is 73.8 Å². The Morgan fingerprint density at radius 1 is 0.949 bits per heavy atom. The average molecular weight is 842 g/mol. The lowest BCUT2D eigenvalue weighted by molar-refractivity contribution is -0.154. The fourth-order valence-corrected chi connectivity index (χ4v) is 14.1.